The predicted octanol–water partition coefficient (Wildman–Crippen LogP) is 5.11. The lowest BCUT2D eigenvalue weighted by molar-refractivity contribution is 0.595. The van der Waals surface area contributed by atoms with Gasteiger partial charge >= 0.3 is 0 Å². The molecule has 1 aromatic rings. The molecule has 0 bridgehead atoms. The van der Waals surface area contributed by atoms with Crippen molar-refractivity contribution in [3.63, 3.8) is 0 Å². The Hall–Kier alpha value is -0.640. The summed E-state index contributed by atoms with van der Waals surface area (Å²) in [6, 6.07) is 2.33. The van der Waals surface area contributed by atoms with Gasteiger partial charge in [0, 0.05) is 12.6 Å². The maximum atomic E-state index is 13.4. The van der Waals surface area contributed by atoms with Crippen molar-refractivity contribution < 1.29 is 8.78 Å². The van der Waals surface area contributed by atoms with E-state index in [-0.39, 0.29) is 10.2 Å². The molecule has 0 heterocycles. The lowest BCUT2D eigenvalue weighted by Crippen LogP contribution is -2.04. The molecule has 0 unspecified atom stereocenters. The molecular formula is C13H18BrF2N. The maximum Gasteiger partial charge on any atom is 0.147 e. The molecule has 17 heavy (non-hydrogen) atoms. The summed E-state index contributed by atoms with van der Waals surface area (Å²) in [7, 11) is 0. The molecule has 1 aromatic carbocycles. The number of hydrogen-bond donors (Lipinski definition) is 1. The second kappa shape index (κ2) is 7.64. The van der Waals surface area contributed by atoms with E-state index >= 15 is 0 Å². The number of rotatable bonds is 7. The van der Waals surface area contributed by atoms with Crippen LogP contribution in [0.3, 0.4) is 0 Å². The quantitative estimate of drug-likeness (QED) is 0.545. The number of hydrogen-bond acceptors (Lipinski definition) is 1. The van der Waals surface area contributed by atoms with Crippen LogP contribution >= 0.6 is 15.9 Å². The van der Waals surface area contributed by atoms with Crippen LogP contribution in [-0.4, -0.2) is 6.54 Å². The van der Waals surface area contributed by atoms with Gasteiger partial charge in [0.2, 0.25) is 0 Å². The van der Waals surface area contributed by atoms with E-state index in [1.807, 2.05) is 0 Å². The molecule has 0 aliphatic heterocycles. The zero-order valence-electron chi connectivity index (χ0n) is 10.0. The van der Waals surface area contributed by atoms with Gasteiger partial charge in [0.15, 0.2) is 0 Å². The highest BCUT2D eigenvalue weighted by atomic mass is 79.9. The minimum atomic E-state index is -0.445. The molecule has 0 aliphatic carbocycles. The van der Waals surface area contributed by atoms with Crippen LogP contribution in [-0.2, 0) is 0 Å². The molecule has 1 nitrogen and oxygen atoms in total. The van der Waals surface area contributed by atoms with E-state index in [0.717, 1.165) is 18.9 Å². The monoisotopic (exact) mass is 305 g/mol. The maximum absolute atomic E-state index is 13.4. The highest BCUT2D eigenvalue weighted by Crippen LogP contribution is 2.23. The van der Waals surface area contributed by atoms with Gasteiger partial charge in [-0.3, -0.25) is 0 Å². The number of benzene rings is 1. The van der Waals surface area contributed by atoms with E-state index in [1.54, 1.807) is 0 Å². The average Bonchev–Trinajstić information content (AvgIpc) is 2.30. The summed E-state index contributed by atoms with van der Waals surface area (Å²) in [4.78, 5) is 0. The predicted molar refractivity (Wildman–Crippen MR) is 71.3 cm³/mol. The van der Waals surface area contributed by atoms with Crippen LogP contribution in [0.15, 0.2) is 16.6 Å². The molecule has 0 aromatic heterocycles. The standard InChI is InChI=1S/C13H18BrF2N/c1-2-3-4-5-6-7-17-13-9-11(15)10(14)8-12(13)16/h8-9,17H,2-7H2,1H3. The van der Waals surface area contributed by atoms with Gasteiger partial charge in [-0.15, -0.1) is 0 Å². The Labute approximate surface area is 110 Å². The first-order valence-electron chi connectivity index (χ1n) is 6.03. The van der Waals surface area contributed by atoms with E-state index in [2.05, 4.69) is 28.2 Å². The summed E-state index contributed by atoms with van der Waals surface area (Å²) < 4.78 is 26.7. The van der Waals surface area contributed by atoms with E-state index in [1.165, 1.54) is 25.3 Å². The molecule has 1 rings (SSSR count). The first kappa shape index (κ1) is 14.4. The largest absolute Gasteiger partial charge is 0.383 e. The molecular weight excluding hydrogens is 288 g/mol. The van der Waals surface area contributed by atoms with Gasteiger partial charge < -0.3 is 5.32 Å². The van der Waals surface area contributed by atoms with Crippen molar-refractivity contribution in [2.75, 3.05) is 11.9 Å². The van der Waals surface area contributed by atoms with Crippen molar-refractivity contribution in [2.45, 2.75) is 39.0 Å². The van der Waals surface area contributed by atoms with Crippen molar-refractivity contribution >= 4 is 21.6 Å². The third-order valence-corrected chi connectivity index (χ3v) is 3.21. The van der Waals surface area contributed by atoms with Gasteiger partial charge in [-0.05, 0) is 28.4 Å². The topological polar surface area (TPSA) is 12.0 Å². The van der Waals surface area contributed by atoms with Crippen molar-refractivity contribution in [1.82, 2.24) is 0 Å². The number of anilines is 1. The number of nitrogens with one attached hydrogen (secondary N) is 1. The molecule has 0 aliphatic rings. The summed E-state index contributed by atoms with van der Waals surface area (Å²) >= 11 is 2.95. The third-order valence-electron chi connectivity index (χ3n) is 2.61. The van der Waals surface area contributed by atoms with Gasteiger partial charge in [-0.1, -0.05) is 32.6 Å². The van der Waals surface area contributed by atoms with Gasteiger partial charge in [-0.2, -0.15) is 0 Å². The minimum Gasteiger partial charge on any atom is -0.383 e. The van der Waals surface area contributed by atoms with Gasteiger partial charge in [-0.25, -0.2) is 8.78 Å². The summed E-state index contributed by atoms with van der Waals surface area (Å²) in [5.41, 5.74) is 0.237. The van der Waals surface area contributed by atoms with Crippen LogP contribution in [0.1, 0.15) is 39.0 Å². The summed E-state index contributed by atoms with van der Waals surface area (Å²) in [6.45, 7) is 2.85. The zero-order chi connectivity index (χ0) is 12.7. The highest BCUT2D eigenvalue weighted by Gasteiger charge is 2.07. The smallest absolute Gasteiger partial charge is 0.147 e. The van der Waals surface area contributed by atoms with Crippen LogP contribution in [0.5, 0.6) is 0 Å². The van der Waals surface area contributed by atoms with E-state index in [4.69, 9.17) is 0 Å². The molecule has 0 fully saturated rings. The molecule has 0 spiro atoms. The van der Waals surface area contributed by atoms with Crippen LogP contribution in [0.4, 0.5) is 14.5 Å². The van der Waals surface area contributed by atoms with Crippen LogP contribution in [0.2, 0.25) is 0 Å². The molecule has 0 saturated carbocycles. The normalized spacial score (nSPS) is 10.6. The van der Waals surface area contributed by atoms with Crippen LogP contribution in [0.25, 0.3) is 0 Å². The molecule has 1 N–H and O–H groups in total. The Morgan fingerprint density at radius 3 is 2.47 bits per heavy atom. The summed E-state index contributed by atoms with van der Waals surface area (Å²) in [5.74, 6) is -0.869. The third kappa shape index (κ3) is 5.02. The van der Waals surface area contributed by atoms with Crippen LogP contribution in [0, 0.1) is 11.6 Å². The van der Waals surface area contributed by atoms with Gasteiger partial charge in [0.1, 0.15) is 11.6 Å². The number of unbranched alkanes of at least 4 members (excludes halogenated alkanes) is 4. The minimum absolute atomic E-state index is 0.156. The molecule has 0 radical (unpaired) electrons. The van der Waals surface area contributed by atoms with Crippen molar-refractivity contribution in [3.8, 4) is 0 Å². The highest BCUT2D eigenvalue weighted by molar-refractivity contribution is 9.10. The van der Waals surface area contributed by atoms with Crippen molar-refractivity contribution in [1.29, 1.82) is 0 Å². The second-order valence-electron chi connectivity index (χ2n) is 4.09. The number of halogens is 3. The molecule has 0 saturated heterocycles. The molecule has 96 valence electrons. The zero-order valence-corrected chi connectivity index (χ0v) is 11.6. The Morgan fingerprint density at radius 2 is 1.76 bits per heavy atom. The lowest BCUT2D eigenvalue weighted by atomic mass is 10.1. The Kier molecular flexibility index (Phi) is 6.48. The molecule has 0 atom stereocenters. The summed E-state index contributed by atoms with van der Waals surface area (Å²) in [6.07, 6.45) is 5.76. The Bertz CT molecular complexity index is 356. The Morgan fingerprint density at radius 1 is 1.06 bits per heavy atom. The fraction of sp³-hybridized carbons (Fsp3) is 0.538. The SMILES string of the molecule is CCCCCCCNc1cc(F)c(Br)cc1F. The van der Waals surface area contributed by atoms with Crippen LogP contribution < -0.4 is 5.32 Å². The van der Waals surface area contributed by atoms with Crippen molar-refractivity contribution in [3.05, 3.63) is 28.2 Å². The van der Waals surface area contributed by atoms with Gasteiger partial charge in [0.25, 0.3) is 0 Å². The molecule has 0 amide bonds. The second-order valence-corrected chi connectivity index (χ2v) is 4.94. The van der Waals surface area contributed by atoms with E-state index in [0.29, 0.717) is 6.54 Å². The summed E-state index contributed by atoms with van der Waals surface area (Å²) in [5, 5.41) is 2.92. The van der Waals surface area contributed by atoms with Gasteiger partial charge in [0.05, 0.1) is 10.2 Å². The lowest BCUT2D eigenvalue weighted by Gasteiger charge is -2.08. The molecule has 4 heteroatoms. The average molecular weight is 306 g/mol. The first-order chi connectivity index (χ1) is 8.15. The first-order valence-corrected chi connectivity index (χ1v) is 6.83. The van der Waals surface area contributed by atoms with Crippen molar-refractivity contribution in [2.24, 2.45) is 0 Å². The van der Waals surface area contributed by atoms with E-state index < -0.39 is 11.6 Å². The Balaban J connectivity index is 2.34. The fourth-order valence-electron chi connectivity index (χ4n) is 1.61. The fourth-order valence-corrected chi connectivity index (χ4v) is 1.93. The van der Waals surface area contributed by atoms with E-state index in [9.17, 15) is 8.78 Å².